The topological polar surface area (TPSA) is 34.9 Å². The van der Waals surface area contributed by atoms with Crippen LogP contribution in [0.15, 0.2) is 29.3 Å². The maximum Gasteiger partial charge on any atom is 0.262 e. The normalized spacial score (nSPS) is 11.6. The van der Waals surface area contributed by atoms with E-state index < -0.39 is 0 Å². The highest BCUT2D eigenvalue weighted by Crippen LogP contribution is 2.37. The van der Waals surface area contributed by atoms with Crippen molar-refractivity contribution < 1.29 is 0 Å². The van der Waals surface area contributed by atoms with E-state index >= 15 is 0 Å². The van der Waals surface area contributed by atoms with E-state index in [2.05, 4.69) is 57.8 Å². The van der Waals surface area contributed by atoms with Crippen LogP contribution >= 0.6 is 11.3 Å². The molecule has 23 heavy (non-hydrogen) atoms. The number of rotatable bonds is 3. The highest BCUT2D eigenvalue weighted by atomic mass is 32.1. The summed E-state index contributed by atoms with van der Waals surface area (Å²) in [5.74, 6) is 0.413. The van der Waals surface area contributed by atoms with Crippen LogP contribution in [0.1, 0.15) is 29.9 Å². The van der Waals surface area contributed by atoms with Gasteiger partial charge in [0.25, 0.3) is 5.56 Å². The summed E-state index contributed by atoms with van der Waals surface area (Å²) < 4.78 is 1.74. The first-order chi connectivity index (χ1) is 10.9. The van der Waals surface area contributed by atoms with Crippen molar-refractivity contribution in [2.45, 2.75) is 41.2 Å². The third-order valence-electron chi connectivity index (χ3n) is 4.08. The monoisotopic (exact) mass is 326 g/mol. The Balaban J connectivity index is 2.34. The number of nitrogens with zero attached hydrogens (tertiary/aromatic N) is 2. The Labute approximate surface area is 140 Å². The van der Waals surface area contributed by atoms with Gasteiger partial charge in [0.1, 0.15) is 4.83 Å². The lowest BCUT2D eigenvalue weighted by molar-refractivity contribution is 0.508. The molecule has 0 N–H and O–H groups in total. The van der Waals surface area contributed by atoms with E-state index in [0.29, 0.717) is 12.5 Å². The predicted octanol–water partition coefficient (Wildman–Crippen LogP) is 4.71. The quantitative estimate of drug-likeness (QED) is 0.699. The highest BCUT2D eigenvalue weighted by Gasteiger charge is 2.18. The molecule has 3 aromatic rings. The molecule has 4 heteroatoms. The van der Waals surface area contributed by atoms with Gasteiger partial charge >= 0.3 is 0 Å². The summed E-state index contributed by atoms with van der Waals surface area (Å²) >= 11 is 1.61. The maximum atomic E-state index is 13.0. The fraction of sp³-hybridized carbons (Fsp3) is 0.368. The zero-order valence-electron chi connectivity index (χ0n) is 14.3. The van der Waals surface area contributed by atoms with Crippen LogP contribution in [0, 0.1) is 26.7 Å². The maximum absolute atomic E-state index is 13.0. The SMILES string of the molecule is Cc1ccc(C)c(-c2c(C)sc3ncn(CC(C)C)c(=O)c23)c1. The van der Waals surface area contributed by atoms with Gasteiger partial charge in [0, 0.05) is 17.0 Å². The smallest absolute Gasteiger partial charge is 0.262 e. The molecule has 0 saturated carbocycles. The Morgan fingerprint density at radius 2 is 1.96 bits per heavy atom. The Morgan fingerprint density at radius 3 is 2.65 bits per heavy atom. The molecule has 0 aliphatic rings. The first kappa shape index (κ1) is 15.9. The molecule has 0 amide bonds. The summed E-state index contributed by atoms with van der Waals surface area (Å²) in [6, 6.07) is 6.40. The number of benzene rings is 1. The summed E-state index contributed by atoms with van der Waals surface area (Å²) in [7, 11) is 0. The van der Waals surface area contributed by atoms with Gasteiger partial charge in [0.15, 0.2) is 0 Å². The first-order valence-corrected chi connectivity index (χ1v) is 8.76. The molecule has 1 aromatic carbocycles. The van der Waals surface area contributed by atoms with Gasteiger partial charge in [-0.3, -0.25) is 9.36 Å². The average molecular weight is 326 g/mol. The summed E-state index contributed by atoms with van der Waals surface area (Å²) in [5, 5.41) is 0.768. The molecule has 0 atom stereocenters. The van der Waals surface area contributed by atoms with Crippen molar-refractivity contribution in [3.05, 3.63) is 50.9 Å². The molecule has 0 bridgehead atoms. The van der Waals surface area contributed by atoms with Crippen molar-refractivity contribution in [3.8, 4) is 11.1 Å². The fourth-order valence-electron chi connectivity index (χ4n) is 2.99. The van der Waals surface area contributed by atoms with E-state index in [1.165, 1.54) is 11.1 Å². The molecule has 0 aliphatic carbocycles. The summed E-state index contributed by atoms with van der Waals surface area (Å²) in [6.45, 7) is 11.2. The van der Waals surface area contributed by atoms with Crippen LogP contribution in [0.4, 0.5) is 0 Å². The zero-order valence-corrected chi connectivity index (χ0v) is 15.1. The minimum atomic E-state index is 0.0731. The second kappa shape index (κ2) is 5.93. The van der Waals surface area contributed by atoms with Gasteiger partial charge in [-0.15, -0.1) is 11.3 Å². The number of thiophene rings is 1. The first-order valence-electron chi connectivity index (χ1n) is 7.94. The van der Waals surface area contributed by atoms with Gasteiger partial charge in [0.05, 0.1) is 11.7 Å². The zero-order chi connectivity index (χ0) is 16.7. The van der Waals surface area contributed by atoms with Crippen LogP contribution in [0.3, 0.4) is 0 Å². The number of aromatic nitrogens is 2. The minimum Gasteiger partial charge on any atom is -0.298 e. The summed E-state index contributed by atoms with van der Waals surface area (Å²) in [4.78, 5) is 19.5. The molecule has 0 unspecified atom stereocenters. The third kappa shape index (κ3) is 2.83. The van der Waals surface area contributed by atoms with E-state index in [9.17, 15) is 4.79 Å². The molecule has 0 saturated heterocycles. The van der Waals surface area contributed by atoms with Gasteiger partial charge in [-0.25, -0.2) is 4.98 Å². The van der Waals surface area contributed by atoms with Crippen molar-refractivity contribution in [2.24, 2.45) is 5.92 Å². The summed E-state index contributed by atoms with van der Waals surface area (Å²) in [6.07, 6.45) is 1.69. The number of fused-ring (bicyclic) bond motifs is 1. The highest BCUT2D eigenvalue weighted by molar-refractivity contribution is 7.19. The van der Waals surface area contributed by atoms with E-state index in [4.69, 9.17) is 0 Å². The Hall–Kier alpha value is -1.94. The third-order valence-corrected chi connectivity index (χ3v) is 5.09. The number of aryl methyl sites for hydroxylation is 3. The molecule has 0 spiro atoms. The van der Waals surface area contributed by atoms with Crippen molar-refractivity contribution in [3.63, 3.8) is 0 Å². The molecule has 0 aliphatic heterocycles. The van der Waals surface area contributed by atoms with E-state index in [0.717, 1.165) is 26.2 Å². The lowest BCUT2D eigenvalue weighted by Crippen LogP contribution is -2.22. The molecule has 3 rings (SSSR count). The molecule has 2 heterocycles. The largest absolute Gasteiger partial charge is 0.298 e. The molecule has 0 radical (unpaired) electrons. The molecule has 2 aromatic heterocycles. The second-order valence-corrected chi connectivity index (χ2v) is 7.83. The average Bonchev–Trinajstić information content (AvgIpc) is 2.81. The fourth-order valence-corrected chi connectivity index (χ4v) is 3.99. The van der Waals surface area contributed by atoms with E-state index in [1.54, 1.807) is 22.2 Å². The lowest BCUT2D eigenvalue weighted by Gasteiger charge is -2.10. The van der Waals surface area contributed by atoms with Gasteiger partial charge < -0.3 is 0 Å². The molecule has 3 nitrogen and oxygen atoms in total. The lowest BCUT2D eigenvalue weighted by atomic mass is 9.97. The standard InChI is InChI=1S/C19H22N2OS/c1-11(2)9-21-10-20-18-17(19(21)22)16(14(5)23-18)15-8-12(3)6-7-13(15)4/h6-8,10-11H,9H2,1-5H3. The second-order valence-electron chi connectivity index (χ2n) is 6.63. The Kier molecular flexibility index (Phi) is 4.11. The van der Waals surface area contributed by atoms with Crippen LogP contribution in [0.2, 0.25) is 0 Å². The number of hydrogen-bond donors (Lipinski definition) is 0. The Morgan fingerprint density at radius 1 is 1.22 bits per heavy atom. The van der Waals surface area contributed by atoms with Crippen LogP contribution in [-0.2, 0) is 6.54 Å². The Bertz CT molecular complexity index is 934. The van der Waals surface area contributed by atoms with Crippen molar-refractivity contribution in [1.82, 2.24) is 9.55 Å². The van der Waals surface area contributed by atoms with Crippen LogP contribution in [0.5, 0.6) is 0 Å². The molecular formula is C19H22N2OS. The van der Waals surface area contributed by atoms with E-state index in [-0.39, 0.29) is 5.56 Å². The van der Waals surface area contributed by atoms with Crippen molar-refractivity contribution >= 4 is 21.6 Å². The van der Waals surface area contributed by atoms with Crippen LogP contribution < -0.4 is 5.56 Å². The predicted molar refractivity (Wildman–Crippen MR) is 98.4 cm³/mol. The van der Waals surface area contributed by atoms with Gasteiger partial charge in [0.2, 0.25) is 0 Å². The molecule has 0 fully saturated rings. The molecular weight excluding hydrogens is 304 g/mol. The van der Waals surface area contributed by atoms with Gasteiger partial charge in [-0.05, 0) is 37.8 Å². The van der Waals surface area contributed by atoms with Crippen LogP contribution in [0.25, 0.3) is 21.3 Å². The summed E-state index contributed by atoms with van der Waals surface area (Å²) in [5.41, 5.74) is 4.67. The van der Waals surface area contributed by atoms with Gasteiger partial charge in [-0.1, -0.05) is 37.6 Å². The minimum absolute atomic E-state index is 0.0731. The molecule has 120 valence electrons. The van der Waals surface area contributed by atoms with Crippen LogP contribution in [-0.4, -0.2) is 9.55 Å². The van der Waals surface area contributed by atoms with Gasteiger partial charge in [-0.2, -0.15) is 0 Å². The van der Waals surface area contributed by atoms with Crippen molar-refractivity contribution in [2.75, 3.05) is 0 Å². The van der Waals surface area contributed by atoms with Crippen molar-refractivity contribution in [1.29, 1.82) is 0 Å². The van der Waals surface area contributed by atoms with E-state index in [1.807, 2.05) is 0 Å². The number of hydrogen-bond acceptors (Lipinski definition) is 3.